The Hall–Kier alpha value is -4.36. The minimum Gasteiger partial charge on any atom is -0.310 e. The lowest BCUT2D eigenvalue weighted by Gasteiger charge is -2.28. The predicted molar refractivity (Wildman–Crippen MR) is 159 cm³/mol. The monoisotopic (exact) mass is 477 g/mol. The van der Waals surface area contributed by atoms with Gasteiger partial charge in [-0.05, 0) is 76.7 Å². The number of benzene rings is 5. The number of para-hydroxylation sites is 2. The van der Waals surface area contributed by atoms with E-state index in [2.05, 4.69) is 159 Å². The second-order valence-electron chi connectivity index (χ2n) is 10.4. The molecule has 0 amide bonds. The highest BCUT2D eigenvalue weighted by atomic mass is 15.1. The molecule has 0 unspecified atom stereocenters. The Kier molecular flexibility index (Phi) is 5.77. The third kappa shape index (κ3) is 4.27. The first-order chi connectivity index (χ1) is 18.0. The van der Waals surface area contributed by atoms with Gasteiger partial charge in [0.05, 0.1) is 0 Å². The molecule has 180 valence electrons. The van der Waals surface area contributed by atoms with Crippen molar-refractivity contribution in [1.29, 1.82) is 0 Å². The lowest BCUT2D eigenvalue weighted by Crippen LogP contribution is -2.16. The highest BCUT2D eigenvalue weighted by Gasteiger charge is 2.36. The first kappa shape index (κ1) is 23.1. The molecule has 5 aromatic rings. The van der Waals surface area contributed by atoms with Gasteiger partial charge in [0, 0.05) is 22.5 Å². The van der Waals surface area contributed by atoms with Crippen molar-refractivity contribution >= 4 is 29.2 Å². The Balaban J connectivity index is 1.40. The summed E-state index contributed by atoms with van der Waals surface area (Å²) in [6.45, 7) is 6.84. The summed E-state index contributed by atoms with van der Waals surface area (Å²) >= 11 is 0. The summed E-state index contributed by atoms with van der Waals surface area (Å²) in [5.74, 6) is 0. The van der Waals surface area contributed by atoms with Crippen molar-refractivity contribution in [2.45, 2.75) is 26.2 Å². The summed E-state index contributed by atoms with van der Waals surface area (Å²) in [6.07, 6.45) is 4.44. The summed E-state index contributed by atoms with van der Waals surface area (Å²) in [5, 5.41) is 0. The van der Waals surface area contributed by atoms with Crippen molar-refractivity contribution in [3.63, 3.8) is 0 Å². The Labute approximate surface area is 220 Å². The Morgan fingerprint density at radius 3 is 1.70 bits per heavy atom. The van der Waals surface area contributed by atoms with Crippen LogP contribution in [-0.4, -0.2) is 0 Å². The van der Waals surface area contributed by atoms with Gasteiger partial charge in [-0.2, -0.15) is 0 Å². The largest absolute Gasteiger partial charge is 0.310 e. The molecule has 0 aromatic heterocycles. The summed E-state index contributed by atoms with van der Waals surface area (Å²) in [4.78, 5) is 2.34. The summed E-state index contributed by atoms with van der Waals surface area (Å²) in [7, 11) is 0. The molecule has 0 fully saturated rings. The van der Waals surface area contributed by atoms with Crippen molar-refractivity contribution < 1.29 is 0 Å². The molecule has 0 aliphatic heterocycles. The van der Waals surface area contributed by atoms with E-state index in [4.69, 9.17) is 0 Å². The van der Waals surface area contributed by atoms with Crippen LogP contribution in [0.1, 0.15) is 41.7 Å². The highest BCUT2D eigenvalue weighted by molar-refractivity contribution is 5.86. The third-order valence-electron chi connectivity index (χ3n) is 7.48. The number of hydrogen-bond acceptors (Lipinski definition) is 1. The predicted octanol–water partition coefficient (Wildman–Crippen LogP) is 9.94. The fourth-order valence-corrected chi connectivity index (χ4v) is 5.55. The topological polar surface area (TPSA) is 3.24 Å². The maximum Gasteiger partial charge on any atom is 0.0465 e. The molecule has 0 radical (unpaired) electrons. The standard InChI is InChI=1S/C36H31N/c1-26-11-10-12-27(23-26)17-18-28-19-21-32-33-22-20-31(25-35(33)36(2,3)34(32)24-28)37(29-13-6-4-7-14-29)30-15-8-5-9-16-30/h4-25H,1-3H3/b18-17+. The van der Waals surface area contributed by atoms with E-state index in [0.717, 1.165) is 11.4 Å². The van der Waals surface area contributed by atoms with E-state index in [1.165, 1.54) is 44.6 Å². The number of hydrogen-bond donors (Lipinski definition) is 0. The number of rotatable bonds is 5. The number of nitrogens with zero attached hydrogens (tertiary/aromatic N) is 1. The van der Waals surface area contributed by atoms with Gasteiger partial charge in [0.25, 0.3) is 0 Å². The summed E-state index contributed by atoms with van der Waals surface area (Å²) < 4.78 is 0. The molecule has 6 rings (SSSR count). The molecule has 1 nitrogen and oxygen atoms in total. The first-order valence-corrected chi connectivity index (χ1v) is 13.0. The summed E-state index contributed by atoms with van der Waals surface area (Å²) in [6, 6.07) is 43.7. The van der Waals surface area contributed by atoms with Crippen molar-refractivity contribution in [3.05, 3.63) is 149 Å². The van der Waals surface area contributed by atoms with E-state index in [0.29, 0.717) is 0 Å². The second-order valence-corrected chi connectivity index (χ2v) is 10.4. The van der Waals surface area contributed by atoms with Gasteiger partial charge in [-0.1, -0.05) is 116 Å². The highest BCUT2D eigenvalue weighted by Crippen LogP contribution is 2.51. The molecule has 0 N–H and O–H groups in total. The van der Waals surface area contributed by atoms with Gasteiger partial charge >= 0.3 is 0 Å². The van der Waals surface area contributed by atoms with Crippen LogP contribution in [0.4, 0.5) is 17.1 Å². The number of anilines is 3. The minimum absolute atomic E-state index is 0.0904. The zero-order chi connectivity index (χ0) is 25.4. The van der Waals surface area contributed by atoms with Gasteiger partial charge in [-0.15, -0.1) is 0 Å². The first-order valence-electron chi connectivity index (χ1n) is 13.0. The molecule has 0 spiro atoms. The molecule has 1 aliphatic carbocycles. The smallest absolute Gasteiger partial charge is 0.0465 e. The zero-order valence-electron chi connectivity index (χ0n) is 21.6. The van der Waals surface area contributed by atoms with Crippen molar-refractivity contribution in [3.8, 4) is 11.1 Å². The van der Waals surface area contributed by atoms with Crippen LogP contribution in [0.5, 0.6) is 0 Å². The normalized spacial score (nSPS) is 13.4. The minimum atomic E-state index is -0.0904. The van der Waals surface area contributed by atoms with E-state index in [1.807, 2.05) is 0 Å². The fourth-order valence-electron chi connectivity index (χ4n) is 5.55. The molecule has 0 atom stereocenters. The fraction of sp³-hybridized carbons (Fsp3) is 0.111. The molecular formula is C36H31N. The van der Waals surface area contributed by atoms with Crippen LogP contribution in [0.25, 0.3) is 23.3 Å². The number of fused-ring (bicyclic) bond motifs is 3. The lowest BCUT2D eigenvalue weighted by molar-refractivity contribution is 0.660. The summed E-state index contributed by atoms with van der Waals surface area (Å²) in [5.41, 5.74) is 12.6. The van der Waals surface area contributed by atoms with E-state index < -0.39 is 0 Å². The Morgan fingerprint density at radius 2 is 1.08 bits per heavy atom. The van der Waals surface area contributed by atoms with Gasteiger partial charge in [0.2, 0.25) is 0 Å². The molecule has 37 heavy (non-hydrogen) atoms. The van der Waals surface area contributed by atoms with Crippen LogP contribution < -0.4 is 4.90 Å². The molecule has 5 aromatic carbocycles. The molecule has 0 heterocycles. The van der Waals surface area contributed by atoms with Gasteiger partial charge < -0.3 is 4.90 Å². The van der Waals surface area contributed by atoms with E-state index in [1.54, 1.807) is 0 Å². The number of aryl methyl sites for hydroxylation is 1. The average molecular weight is 478 g/mol. The van der Waals surface area contributed by atoms with E-state index >= 15 is 0 Å². The van der Waals surface area contributed by atoms with Crippen molar-refractivity contribution in [2.75, 3.05) is 4.90 Å². The molecule has 0 saturated heterocycles. The average Bonchev–Trinajstić information content (AvgIpc) is 3.15. The van der Waals surface area contributed by atoms with Gasteiger partial charge in [-0.3, -0.25) is 0 Å². The maximum atomic E-state index is 2.39. The molecule has 0 bridgehead atoms. The van der Waals surface area contributed by atoms with Gasteiger partial charge in [0.15, 0.2) is 0 Å². The zero-order valence-corrected chi connectivity index (χ0v) is 21.6. The van der Waals surface area contributed by atoms with Crippen LogP contribution in [0.15, 0.2) is 121 Å². The maximum absolute atomic E-state index is 2.39. The molecule has 1 heteroatoms. The van der Waals surface area contributed by atoms with Crippen molar-refractivity contribution in [1.82, 2.24) is 0 Å². The Morgan fingerprint density at radius 1 is 0.514 bits per heavy atom. The lowest BCUT2D eigenvalue weighted by atomic mass is 9.81. The van der Waals surface area contributed by atoms with E-state index in [-0.39, 0.29) is 5.41 Å². The second kappa shape index (κ2) is 9.26. The van der Waals surface area contributed by atoms with Crippen LogP contribution in [0.3, 0.4) is 0 Å². The van der Waals surface area contributed by atoms with Crippen LogP contribution in [-0.2, 0) is 5.41 Å². The quantitative estimate of drug-likeness (QED) is 0.228. The van der Waals surface area contributed by atoms with Crippen LogP contribution >= 0.6 is 0 Å². The molecule has 0 saturated carbocycles. The van der Waals surface area contributed by atoms with Crippen LogP contribution in [0, 0.1) is 6.92 Å². The Bertz CT molecular complexity index is 1550. The molecular weight excluding hydrogens is 446 g/mol. The van der Waals surface area contributed by atoms with E-state index in [9.17, 15) is 0 Å². The van der Waals surface area contributed by atoms with Gasteiger partial charge in [-0.25, -0.2) is 0 Å². The SMILES string of the molecule is Cc1cccc(/C=C/c2ccc3c(c2)C(C)(C)c2cc(N(c4ccccc4)c4ccccc4)ccc2-3)c1. The van der Waals surface area contributed by atoms with Crippen LogP contribution in [0.2, 0.25) is 0 Å². The van der Waals surface area contributed by atoms with Crippen molar-refractivity contribution in [2.24, 2.45) is 0 Å². The third-order valence-corrected chi connectivity index (χ3v) is 7.48. The van der Waals surface area contributed by atoms with Gasteiger partial charge in [0.1, 0.15) is 0 Å². The molecule has 1 aliphatic rings.